The summed E-state index contributed by atoms with van der Waals surface area (Å²) in [4.78, 5) is 2.16. The predicted molar refractivity (Wildman–Crippen MR) is 223 cm³/mol. The van der Waals surface area contributed by atoms with Gasteiger partial charge in [-0.15, -0.1) is 0 Å². The van der Waals surface area contributed by atoms with Gasteiger partial charge in [0.15, 0.2) is 5.71 Å². The van der Waals surface area contributed by atoms with Crippen LogP contribution in [0.3, 0.4) is 0 Å². The van der Waals surface area contributed by atoms with Gasteiger partial charge in [0.2, 0.25) is 5.69 Å². The molecular formula is C41H47Br2N2O6S2+. The Kier molecular flexibility index (Phi) is 11.5. The monoisotopic (exact) mass is 885 g/mol. The second kappa shape index (κ2) is 15.3. The smallest absolute Gasteiger partial charge is 0.295 e. The van der Waals surface area contributed by atoms with E-state index < -0.39 is 31.1 Å². The van der Waals surface area contributed by atoms with Crippen LogP contribution in [0.5, 0.6) is 0 Å². The van der Waals surface area contributed by atoms with E-state index in [0.29, 0.717) is 10.8 Å². The van der Waals surface area contributed by atoms with Gasteiger partial charge in [-0.2, -0.15) is 21.4 Å². The van der Waals surface area contributed by atoms with Gasteiger partial charge in [0, 0.05) is 68.9 Å². The summed E-state index contributed by atoms with van der Waals surface area (Å²) in [6.07, 6.45) is 12.7. The Hall–Kier alpha value is -2.87. The third kappa shape index (κ3) is 7.44. The predicted octanol–water partition coefficient (Wildman–Crippen LogP) is 10.2. The van der Waals surface area contributed by atoms with Crippen molar-refractivity contribution in [3.63, 3.8) is 0 Å². The average molecular weight is 888 g/mol. The molecule has 2 aliphatic heterocycles. The van der Waals surface area contributed by atoms with Crippen molar-refractivity contribution in [2.24, 2.45) is 0 Å². The summed E-state index contributed by atoms with van der Waals surface area (Å²) in [7, 11) is -8.85. The van der Waals surface area contributed by atoms with E-state index in [0.717, 1.165) is 107 Å². The summed E-state index contributed by atoms with van der Waals surface area (Å²) in [5.74, 6) is 0. The molecule has 0 bridgehead atoms. The van der Waals surface area contributed by atoms with Gasteiger partial charge in [-0.1, -0.05) is 88.5 Å². The molecule has 0 spiro atoms. The topological polar surface area (TPSA) is 115 Å². The maximum Gasteiger partial charge on any atom is 0.295 e. The Labute approximate surface area is 330 Å². The van der Waals surface area contributed by atoms with Crippen LogP contribution >= 0.6 is 31.9 Å². The molecule has 282 valence electrons. The molecule has 53 heavy (non-hydrogen) atoms. The highest BCUT2D eigenvalue weighted by Gasteiger charge is 2.46. The van der Waals surface area contributed by atoms with Gasteiger partial charge in [-0.05, 0) is 86.2 Å². The van der Waals surface area contributed by atoms with E-state index in [-0.39, 0.29) is 9.79 Å². The van der Waals surface area contributed by atoms with Crippen molar-refractivity contribution in [2.45, 2.75) is 86.8 Å². The van der Waals surface area contributed by atoms with E-state index in [4.69, 9.17) is 0 Å². The molecular weight excluding hydrogens is 840 g/mol. The molecule has 0 radical (unpaired) electrons. The summed E-state index contributed by atoms with van der Waals surface area (Å²) in [5.41, 5.74) is 5.30. The fourth-order valence-corrected chi connectivity index (χ4v) is 10.6. The van der Waals surface area contributed by atoms with Gasteiger partial charge in [-0.25, -0.2) is 0 Å². The number of hydrogen-bond acceptors (Lipinski definition) is 5. The van der Waals surface area contributed by atoms with E-state index in [1.54, 1.807) is 24.3 Å². The summed E-state index contributed by atoms with van der Waals surface area (Å²) in [6.45, 7) is 10.3. The number of allylic oxidation sites excluding steroid dienone is 4. The van der Waals surface area contributed by atoms with Crippen molar-refractivity contribution in [1.29, 1.82) is 0 Å². The SMILES string of the molecule is CC1(C)C(/C=C/C=C2\N(CCCCCBr)c3ccc4c(S(=O)(=O)O)cccc4c3C2(C)C)=[N+](CCCCCBr)c2ccc3c(S(=O)(=O)O)cccc3c21. The lowest BCUT2D eigenvalue weighted by atomic mass is 9.79. The Bertz CT molecular complexity index is 2400. The largest absolute Gasteiger partial charge is 0.344 e. The lowest BCUT2D eigenvalue weighted by Crippen LogP contribution is -2.28. The minimum atomic E-state index is -4.42. The van der Waals surface area contributed by atoms with Gasteiger partial charge in [-0.3, -0.25) is 9.11 Å². The molecule has 8 nitrogen and oxygen atoms in total. The molecule has 0 aromatic heterocycles. The summed E-state index contributed by atoms with van der Waals surface area (Å²) < 4.78 is 72.0. The van der Waals surface area contributed by atoms with Crippen molar-refractivity contribution < 1.29 is 30.5 Å². The van der Waals surface area contributed by atoms with Gasteiger partial charge in [0.05, 0.1) is 5.41 Å². The normalized spacial score (nSPS) is 17.5. The van der Waals surface area contributed by atoms with E-state index in [1.807, 2.05) is 24.3 Å². The number of hydrogen-bond donors (Lipinski definition) is 2. The Morgan fingerprint density at radius 1 is 0.679 bits per heavy atom. The average Bonchev–Trinajstić information content (AvgIpc) is 3.45. The van der Waals surface area contributed by atoms with Crippen molar-refractivity contribution in [1.82, 2.24) is 0 Å². The summed E-state index contributed by atoms with van der Waals surface area (Å²) in [6, 6.07) is 17.7. The fourth-order valence-electron chi connectivity index (χ4n) is 8.43. The molecule has 4 aromatic carbocycles. The van der Waals surface area contributed by atoms with E-state index in [2.05, 4.69) is 87.3 Å². The number of rotatable bonds is 14. The number of unbranched alkanes of at least 4 members (excludes halogenated alkanes) is 4. The number of fused-ring (bicyclic) bond motifs is 6. The van der Waals surface area contributed by atoms with Crippen LogP contribution < -0.4 is 4.90 Å². The van der Waals surface area contributed by atoms with Gasteiger partial charge >= 0.3 is 0 Å². The van der Waals surface area contributed by atoms with Crippen LogP contribution in [0, 0.1) is 0 Å². The molecule has 0 aliphatic carbocycles. The van der Waals surface area contributed by atoms with Crippen molar-refractivity contribution in [2.75, 3.05) is 28.6 Å². The first kappa shape index (κ1) is 39.8. The van der Waals surface area contributed by atoms with Crippen LogP contribution in [0.25, 0.3) is 21.5 Å². The molecule has 6 rings (SSSR count). The highest BCUT2D eigenvalue weighted by molar-refractivity contribution is 9.09. The number of halogens is 2. The maximum atomic E-state index is 12.4. The molecule has 0 saturated heterocycles. The maximum absolute atomic E-state index is 12.4. The fraction of sp³-hybridized carbons (Fsp3) is 0.390. The zero-order valence-corrected chi connectivity index (χ0v) is 35.4. The van der Waals surface area contributed by atoms with Crippen LogP contribution in [0.2, 0.25) is 0 Å². The molecule has 2 heterocycles. The molecule has 0 unspecified atom stereocenters. The van der Waals surface area contributed by atoms with Gasteiger partial charge in [0.25, 0.3) is 20.2 Å². The molecule has 0 amide bonds. The van der Waals surface area contributed by atoms with Crippen molar-refractivity contribution in [3.8, 4) is 0 Å². The minimum Gasteiger partial charge on any atom is -0.344 e. The molecule has 2 aliphatic rings. The highest BCUT2D eigenvalue weighted by Crippen LogP contribution is 2.52. The lowest BCUT2D eigenvalue weighted by molar-refractivity contribution is -0.438. The molecule has 0 saturated carbocycles. The number of benzene rings is 4. The Morgan fingerprint density at radius 2 is 1.25 bits per heavy atom. The molecule has 0 atom stereocenters. The molecule has 0 fully saturated rings. The first-order valence-corrected chi connectivity index (χ1v) is 23.2. The lowest BCUT2D eigenvalue weighted by Gasteiger charge is -2.27. The van der Waals surface area contributed by atoms with Crippen LogP contribution in [0.15, 0.2) is 94.4 Å². The standard InChI is InChI=1S/C41H46Br2N2O6S2/c1-40(2)36(44(26-9-5-7-24-42)32-22-20-28-30(38(32)40)14-11-16-34(28)52(46,47)48)18-13-19-37-41(3,4)39-31-15-12-17-35(53(49,50)51)29(31)21-23-33(39)45(37)27-10-6-8-25-43/h11-23H,5-10,24-27H2,1-4H3,(H-,46,47,48,49,50,51)/p+1. The third-order valence-electron chi connectivity index (χ3n) is 10.8. The molecule has 12 heteroatoms. The minimum absolute atomic E-state index is 0.0957. The van der Waals surface area contributed by atoms with Crippen LogP contribution in [-0.2, 0) is 31.1 Å². The van der Waals surface area contributed by atoms with E-state index >= 15 is 0 Å². The van der Waals surface area contributed by atoms with Crippen molar-refractivity contribution in [3.05, 3.63) is 95.7 Å². The second-order valence-corrected chi connectivity index (χ2v) is 19.3. The van der Waals surface area contributed by atoms with Crippen molar-refractivity contribution >= 4 is 90.7 Å². The third-order valence-corrected chi connectivity index (χ3v) is 13.7. The molecule has 2 N–H and O–H groups in total. The Balaban J connectivity index is 1.48. The number of nitrogens with zero attached hydrogens (tertiary/aromatic N) is 2. The zero-order valence-electron chi connectivity index (χ0n) is 30.6. The van der Waals surface area contributed by atoms with Crippen LogP contribution in [0.4, 0.5) is 11.4 Å². The van der Waals surface area contributed by atoms with E-state index in [9.17, 15) is 25.9 Å². The first-order chi connectivity index (χ1) is 25.0. The van der Waals surface area contributed by atoms with Crippen LogP contribution in [0.1, 0.15) is 77.3 Å². The van der Waals surface area contributed by atoms with Crippen LogP contribution in [-0.4, -0.2) is 60.0 Å². The molecule has 4 aromatic rings. The number of alkyl halides is 2. The van der Waals surface area contributed by atoms with Gasteiger partial charge < -0.3 is 4.90 Å². The summed E-state index contributed by atoms with van der Waals surface area (Å²) >= 11 is 7.12. The highest BCUT2D eigenvalue weighted by atomic mass is 79.9. The first-order valence-electron chi connectivity index (χ1n) is 18.1. The van der Waals surface area contributed by atoms with Gasteiger partial charge in [0.1, 0.15) is 16.3 Å². The quantitative estimate of drug-likeness (QED) is 0.0561. The number of anilines is 1. The summed E-state index contributed by atoms with van der Waals surface area (Å²) in [5, 5.41) is 4.48. The Morgan fingerprint density at radius 3 is 1.83 bits per heavy atom. The zero-order chi connectivity index (χ0) is 38.3. The second-order valence-electron chi connectivity index (χ2n) is 14.9. The van der Waals surface area contributed by atoms with E-state index in [1.165, 1.54) is 12.1 Å².